The number of hydrogen-bond acceptors (Lipinski definition) is 4. The summed E-state index contributed by atoms with van der Waals surface area (Å²) in [5.41, 5.74) is 6.12. The van der Waals surface area contributed by atoms with Crippen molar-refractivity contribution in [2.45, 2.75) is 20.4 Å². The van der Waals surface area contributed by atoms with Crippen LogP contribution < -0.4 is 16.0 Å². The molecule has 0 radical (unpaired) electrons. The summed E-state index contributed by atoms with van der Waals surface area (Å²) < 4.78 is 0. The number of hydrogen-bond donors (Lipinski definition) is 3. The molecule has 0 fully saturated rings. The van der Waals surface area contributed by atoms with Crippen LogP contribution in [0.3, 0.4) is 0 Å². The topological polar surface area (TPSA) is 73.5 Å². The van der Waals surface area contributed by atoms with Crippen molar-refractivity contribution in [3.8, 4) is 0 Å². The van der Waals surface area contributed by atoms with Gasteiger partial charge in [-0.2, -0.15) is 0 Å². The minimum absolute atomic E-state index is 0.147. The molecule has 1 aliphatic heterocycles. The third kappa shape index (κ3) is 5.78. The molecule has 3 aromatic carbocycles. The van der Waals surface area contributed by atoms with E-state index in [1.165, 1.54) is 5.56 Å². The number of nitrogens with one attached hydrogen (secondary N) is 3. The SMILES string of the molecule is CC(C)CNC(=O)c1ccc2c(c1)C(=C(Nc1ccc(CN(C)C)cc1)c1ccccc1)C(=O)N2. The van der Waals surface area contributed by atoms with E-state index < -0.39 is 0 Å². The van der Waals surface area contributed by atoms with Gasteiger partial charge in [-0.25, -0.2) is 0 Å². The monoisotopic (exact) mass is 468 g/mol. The maximum absolute atomic E-state index is 13.2. The van der Waals surface area contributed by atoms with Crippen molar-refractivity contribution >= 4 is 34.5 Å². The Balaban J connectivity index is 1.75. The summed E-state index contributed by atoms with van der Waals surface area (Å²) in [6, 6.07) is 23.3. The highest BCUT2D eigenvalue weighted by Gasteiger charge is 2.29. The molecule has 4 rings (SSSR count). The minimum Gasteiger partial charge on any atom is -0.354 e. The largest absolute Gasteiger partial charge is 0.354 e. The molecule has 0 saturated heterocycles. The van der Waals surface area contributed by atoms with Crippen molar-refractivity contribution < 1.29 is 9.59 Å². The highest BCUT2D eigenvalue weighted by atomic mass is 16.2. The van der Waals surface area contributed by atoms with Gasteiger partial charge >= 0.3 is 0 Å². The molecule has 0 aromatic heterocycles. The first-order valence-corrected chi connectivity index (χ1v) is 11.9. The first kappa shape index (κ1) is 24.2. The molecule has 35 heavy (non-hydrogen) atoms. The molecule has 6 nitrogen and oxygen atoms in total. The Hall–Kier alpha value is -3.90. The molecule has 0 spiro atoms. The van der Waals surface area contributed by atoms with Crippen molar-refractivity contribution in [1.29, 1.82) is 0 Å². The van der Waals surface area contributed by atoms with Gasteiger partial charge in [0.05, 0.1) is 11.3 Å². The smallest absolute Gasteiger partial charge is 0.258 e. The summed E-state index contributed by atoms with van der Waals surface area (Å²) in [5, 5.41) is 9.39. The second-order valence-corrected chi connectivity index (χ2v) is 9.49. The van der Waals surface area contributed by atoms with Crippen LogP contribution in [0.5, 0.6) is 0 Å². The van der Waals surface area contributed by atoms with Crippen molar-refractivity contribution in [2.24, 2.45) is 5.92 Å². The molecular formula is C29H32N4O2. The Bertz CT molecular complexity index is 1250. The predicted molar refractivity (Wildman–Crippen MR) is 143 cm³/mol. The van der Waals surface area contributed by atoms with E-state index in [0.29, 0.717) is 40.5 Å². The van der Waals surface area contributed by atoms with Gasteiger partial charge in [0.15, 0.2) is 0 Å². The first-order valence-electron chi connectivity index (χ1n) is 11.9. The molecule has 0 aliphatic carbocycles. The van der Waals surface area contributed by atoms with Crippen LogP contribution in [0.4, 0.5) is 11.4 Å². The van der Waals surface area contributed by atoms with Crippen LogP contribution in [0.15, 0.2) is 72.8 Å². The van der Waals surface area contributed by atoms with Gasteiger partial charge < -0.3 is 20.9 Å². The zero-order chi connectivity index (χ0) is 24.9. The molecular weight excluding hydrogens is 436 g/mol. The fraction of sp³-hybridized carbons (Fsp3) is 0.241. The van der Waals surface area contributed by atoms with E-state index in [1.807, 2.05) is 56.6 Å². The number of nitrogens with zero attached hydrogens (tertiary/aromatic N) is 1. The van der Waals surface area contributed by atoms with Gasteiger partial charge in [-0.3, -0.25) is 9.59 Å². The predicted octanol–water partition coefficient (Wildman–Crippen LogP) is 5.07. The first-order chi connectivity index (χ1) is 16.8. The Morgan fingerprint density at radius 1 is 0.943 bits per heavy atom. The third-order valence-corrected chi connectivity index (χ3v) is 5.73. The third-order valence-electron chi connectivity index (χ3n) is 5.73. The highest BCUT2D eigenvalue weighted by Crippen LogP contribution is 2.38. The van der Waals surface area contributed by atoms with Crippen molar-refractivity contribution in [3.05, 3.63) is 95.1 Å². The number of benzene rings is 3. The lowest BCUT2D eigenvalue weighted by molar-refractivity contribution is -0.110. The maximum atomic E-state index is 13.2. The second-order valence-electron chi connectivity index (χ2n) is 9.49. The average Bonchev–Trinajstić information content (AvgIpc) is 3.17. The van der Waals surface area contributed by atoms with Gasteiger partial charge in [0, 0.05) is 35.6 Å². The Kier molecular flexibility index (Phi) is 7.32. The van der Waals surface area contributed by atoms with E-state index in [2.05, 4.69) is 46.8 Å². The molecule has 1 aliphatic rings. The van der Waals surface area contributed by atoms with E-state index >= 15 is 0 Å². The van der Waals surface area contributed by atoms with Gasteiger partial charge in [-0.05, 0) is 61.5 Å². The lowest BCUT2D eigenvalue weighted by atomic mass is 9.98. The van der Waals surface area contributed by atoms with Crippen molar-refractivity contribution in [3.63, 3.8) is 0 Å². The molecule has 0 atom stereocenters. The number of carbonyl (C=O) groups excluding carboxylic acids is 2. The fourth-order valence-electron chi connectivity index (χ4n) is 4.04. The zero-order valence-corrected chi connectivity index (χ0v) is 20.7. The quantitative estimate of drug-likeness (QED) is 0.404. The Labute approximate surface area is 207 Å². The van der Waals surface area contributed by atoms with Gasteiger partial charge in [-0.1, -0.05) is 56.3 Å². The molecule has 180 valence electrons. The molecule has 1 heterocycles. The van der Waals surface area contributed by atoms with Crippen LogP contribution in [0, 0.1) is 5.92 Å². The average molecular weight is 469 g/mol. The van der Waals surface area contributed by atoms with Crippen LogP contribution >= 0.6 is 0 Å². The standard InChI is InChI=1S/C29H32N4O2/c1-19(2)17-30-28(34)22-12-15-25-24(16-22)26(29(35)32-25)27(21-8-6-5-7-9-21)31-23-13-10-20(11-14-23)18-33(3)4/h5-16,19,31H,17-18H2,1-4H3,(H,30,34)(H,32,35). The molecule has 0 bridgehead atoms. The van der Waals surface area contributed by atoms with Crippen molar-refractivity contribution in [2.75, 3.05) is 31.3 Å². The fourth-order valence-corrected chi connectivity index (χ4v) is 4.04. The molecule has 3 aromatic rings. The van der Waals surface area contributed by atoms with E-state index in [9.17, 15) is 9.59 Å². The van der Waals surface area contributed by atoms with Crippen LogP contribution in [0.25, 0.3) is 11.3 Å². The van der Waals surface area contributed by atoms with E-state index in [0.717, 1.165) is 17.8 Å². The summed E-state index contributed by atoms with van der Waals surface area (Å²) in [6.45, 7) is 5.55. The lowest BCUT2D eigenvalue weighted by Crippen LogP contribution is -2.27. The lowest BCUT2D eigenvalue weighted by Gasteiger charge is -2.16. The molecule has 3 N–H and O–H groups in total. The Morgan fingerprint density at radius 3 is 2.31 bits per heavy atom. The molecule has 6 heteroatoms. The van der Waals surface area contributed by atoms with Crippen LogP contribution in [-0.2, 0) is 11.3 Å². The van der Waals surface area contributed by atoms with E-state index in [4.69, 9.17) is 0 Å². The van der Waals surface area contributed by atoms with Crippen molar-refractivity contribution in [1.82, 2.24) is 10.2 Å². The van der Waals surface area contributed by atoms with Gasteiger partial charge in [0.2, 0.25) is 0 Å². The molecule has 2 amide bonds. The minimum atomic E-state index is -0.199. The second kappa shape index (κ2) is 10.6. The van der Waals surface area contributed by atoms with Gasteiger partial charge in [-0.15, -0.1) is 0 Å². The van der Waals surface area contributed by atoms with E-state index in [1.54, 1.807) is 18.2 Å². The van der Waals surface area contributed by atoms with Crippen LogP contribution in [-0.4, -0.2) is 37.4 Å². The number of anilines is 2. The summed E-state index contributed by atoms with van der Waals surface area (Å²) in [5.74, 6) is 0.00583. The van der Waals surface area contributed by atoms with Gasteiger partial charge in [0.25, 0.3) is 11.8 Å². The highest BCUT2D eigenvalue weighted by molar-refractivity contribution is 6.37. The summed E-state index contributed by atoms with van der Waals surface area (Å²) in [6.07, 6.45) is 0. The maximum Gasteiger partial charge on any atom is 0.258 e. The summed E-state index contributed by atoms with van der Waals surface area (Å²) >= 11 is 0. The number of amides is 2. The number of carbonyl (C=O) groups is 2. The normalized spacial score (nSPS) is 14.1. The number of rotatable bonds is 8. The van der Waals surface area contributed by atoms with Crippen LogP contribution in [0.1, 0.15) is 40.9 Å². The summed E-state index contributed by atoms with van der Waals surface area (Å²) in [4.78, 5) is 28.0. The zero-order valence-electron chi connectivity index (χ0n) is 20.7. The van der Waals surface area contributed by atoms with Crippen LogP contribution in [0.2, 0.25) is 0 Å². The summed E-state index contributed by atoms with van der Waals surface area (Å²) in [7, 11) is 4.08. The number of fused-ring (bicyclic) bond motifs is 1. The molecule has 0 unspecified atom stereocenters. The van der Waals surface area contributed by atoms with E-state index in [-0.39, 0.29) is 11.8 Å². The van der Waals surface area contributed by atoms with Gasteiger partial charge in [0.1, 0.15) is 0 Å². The molecule has 0 saturated carbocycles. The Morgan fingerprint density at radius 2 is 1.66 bits per heavy atom.